The van der Waals surface area contributed by atoms with Gasteiger partial charge in [0.2, 0.25) is 5.91 Å². The number of rotatable bonds is 3. The Kier molecular flexibility index (Phi) is 1.74. The number of amidine groups is 1. The molecule has 0 aromatic carbocycles. The summed E-state index contributed by atoms with van der Waals surface area (Å²) in [5, 5.41) is 14.4. The monoisotopic (exact) mass is 197 g/mol. The highest BCUT2D eigenvalue weighted by Gasteiger charge is 2.56. The molecule has 5 heteroatoms. The Morgan fingerprint density at radius 3 is 2.36 bits per heavy atom. The summed E-state index contributed by atoms with van der Waals surface area (Å²) in [6, 6.07) is 0. The van der Waals surface area contributed by atoms with E-state index >= 15 is 0 Å². The number of nitrogens with one attached hydrogen (secondary N) is 1. The number of nitrogens with zero attached hydrogens (tertiary/aromatic N) is 1. The van der Waals surface area contributed by atoms with Crippen molar-refractivity contribution in [2.45, 2.75) is 38.1 Å². The molecule has 14 heavy (non-hydrogen) atoms. The Morgan fingerprint density at radius 1 is 1.43 bits per heavy atom. The third-order valence-electron chi connectivity index (χ3n) is 3.20. The Hall–Kier alpha value is -1.26. The second-order valence-corrected chi connectivity index (χ2v) is 4.58. The Balaban J connectivity index is 2.04. The fourth-order valence-corrected chi connectivity index (χ4v) is 1.53. The van der Waals surface area contributed by atoms with E-state index in [9.17, 15) is 4.79 Å². The lowest BCUT2D eigenvalue weighted by molar-refractivity contribution is -0.125. The molecular weight excluding hydrogens is 182 g/mol. The van der Waals surface area contributed by atoms with Crippen LogP contribution in [0.2, 0.25) is 0 Å². The van der Waals surface area contributed by atoms with E-state index in [1.165, 1.54) is 0 Å². The van der Waals surface area contributed by atoms with E-state index in [0.717, 1.165) is 12.8 Å². The average molecular weight is 197 g/mol. The van der Waals surface area contributed by atoms with Gasteiger partial charge in [0.1, 0.15) is 5.41 Å². The zero-order chi connectivity index (χ0) is 10.4. The molecule has 0 heterocycles. The predicted octanol–water partition coefficient (Wildman–Crippen LogP) is 0.182. The normalized spacial score (nSPS) is 26.8. The summed E-state index contributed by atoms with van der Waals surface area (Å²) in [6.45, 7) is 2.01. The molecule has 1 amide bonds. The molecule has 0 spiro atoms. The molecule has 0 unspecified atom stereocenters. The van der Waals surface area contributed by atoms with Crippen LogP contribution in [0.1, 0.15) is 32.6 Å². The number of carbonyl (C=O) groups excluding carboxylic acids is 1. The van der Waals surface area contributed by atoms with Crippen LogP contribution in [0.5, 0.6) is 0 Å². The summed E-state index contributed by atoms with van der Waals surface area (Å²) in [4.78, 5) is 11.8. The summed E-state index contributed by atoms with van der Waals surface area (Å²) in [5.41, 5.74) is 4.75. The molecule has 2 aliphatic rings. The third-order valence-corrected chi connectivity index (χ3v) is 3.20. The van der Waals surface area contributed by atoms with Gasteiger partial charge >= 0.3 is 0 Å². The van der Waals surface area contributed by atoms with E-state index in [2.05, 4.69) is 10.5 Å². The molecule has 5 nitrogen and oxygen atoms in total. The number of oxime groups is 1. The van der Waals surface area contributed by atoms with E-state index in [1.54, 1.807) is 0 Å². The number of carbonyl (C=O) groups is 1. The number of hydrogen-bond donors (Lipinski definition) is 3. The van der Waals surface area contributed by atoms with Gasteiger partial charge in [0, 0.05) is 5.54 Å². The van der Waals surface area contributed by atoms with Crippen LogP contribution in [-0.4, -0.2) is 22.5 Å². The van der Waals surface area contributed by atoms with Crippen LogP contribution in [0.25, 0.3) is 0 Å². The molecular formula is C9H15N3O2. The standard InChI is InChI=1S/C9H15N3O2/c1-8(2-3-8)11-7(13)9(4-5-9)6(10)12-14/h14H,2-5H2,1H3,(H2,10,12)(H,11,13). The van der Waals surface area contributed by atoms with Crippen LogP contribution in [0, 0.1) is 5.41 Å². The van der Waals surface area contributed by atoms with Crippen LogP contribution in [0.3, 0.4) is 0 Å². The van der Waals surface area contributed by atoms with E-state index in [1.807, 2.05) is 6.92 Å². The molecule has 78 valence electrons. The fourth-order valence-electron chi connectivity index (χ4n) is 1.53. The molecule has 0 aliphatic heterocycles. The van der Waals surface area contributed by atoms with Gasteiger partial charge < -0.3 is 16.3 Å². The van der Waals surface area contributed by atoms with Crippen LogP contribution in [-0.2, 0) is 4.79 Å². The number of hydrogen-bond acceptors (Lipinski definition) is 3. The molecule has 2 rings (SSSR count). The molecule has 0 aromatic rings. The summed E-state index contributed by atoms with van der Waals surface area (Å²) in [6.07, 6.45) is 3.41. The highest BCUT2D eigenvalue weighted by atomic mass is 16.4. The van der Waals surface area contributed by atoms with Gasteiger partial charge in [-0.2, -0.15) is 0 Å². The van der Waals surface area contributed by atoms with Crippen molar-refractivity contribution in [1.82, 2.24) is 5.32 Å². The van der Waals surface area contributed by atoms with Crippen molar-refractivity contribution in [2.75, 3.05) is 0 Å². The van der Waals surface area contributed by atoms with Crippen molar-refractivity contribution >= 4 is 11.7 Å². The minimum atomic E-state index is -0.708. The van der Waals surface area contributed by atoms with E-state index in [0.29, 0.717) is 12.8 Å². The Bertz CT molecular complexity index is 303. The number of nitrogens with two attached hydrogens (primary N) is 1. The van der Waals surface area contributed by atoms with E-state index in [4.69, 9.17) is 10.9 Å². The largest absolute Gasteiger partial charge is 0.409 e. The van der Waals surface area contributed by atoms with E-state index < -0.39 is 5.41 Å². The third kappa shape index (κ3) is 1.32. The molecule has 2 saturated carbocycles. The Labute approximate surface area is 82.3 Å². The quantitative estimate of drug-likeness (QED) is 0.261. The van der Waals surface area contributed by atoms with Gasteiger partial charge in [-0.3, -0.25) is 4.79 Å². The van der Waals surface area contributed by atoms with Gasteiger partial charge in [-0.1, -0.05) is 5.16 Å². The van der Waals surface area contributed by atoms with E-state index in [-0.39, 0.29) is 17.3 Å². The lowest BCUT2D eigenvalue weighted by atomic mass is 10.0. The topological polar surface area (TPSA) is 87.7 Å². The maximum atomic E-state index is 11.8. The van der Waals surface area contributed by atoms with Gasteiger partial charge in [0.25, 0.3) is 0 Å². The zero-order valence-electron chi connectivity index (χ0n) is 8.21. The molecule has 0 saturated heterocycles. The highest BCUT2D eigenvalue weighted by molar-refractivity contribution is 6.09. The van der Waals surface area contributed by atoms with Crippen molar-refractivity contribution in [1.29, 1.82) is 0 Å². The first-order chi connectivity index (χ1) is 6.52. The lowest BCUT2D eigenvalue weighted by Gasteiger charge is -2.17. The predicted molar refractivity (Wildman–Crippen MR) is 50.9 cm³/mol. The lowest BCUT2D eigenvalue weighted by Crippen LogP contribution is -2.45. The minimum Gasteiger partial charge on any atom is -0.409 e. The number of amides is 1. The SMILES string of the molecule is CC1(NC(=O)C2(/C(N)=N/O)CC2)CC1. The summed E-state index contributed by atoms with van der Waals surface area (Å²) >= 11 is 0. The smallest absolute Gasteiger partial charge is 0.234 e. The molecule has 0 bridgehead atoms. The van der Waals surface area contributed by atoms with Gasteiger partial charge in [0.05, 0.1) is 0 Å². The minimum absolute atomic E-state index is 0.0393. The van der Waals surface area contributed by atoms with Crippen molar-refractivity contribution < 1.29 is 10.0 Å². The summed E-state index contributed by atoms with van der Waals surface area (Å²) in [7, 11) is 0. The maximum absolute atomic E-state index is 11.8. The van der Waals surface area contributed by atoms with Gasteiger partial charge in [0.15, 0.2) is 5.84 Å². The molecule has 2 aliphatic carbocycles. The van der Waals surface area contributed by atoms with Gasteiger partial charge in [-0.15, -0.1) is 0 Å². The summed E-state index contributed by atoms with van der Waals surface area (Å²) in [5.74, 6) is -0.0490. The van der Waals surface area contributed by atoms with Crippen LogP contribution < -0.4 is 11.1 Å². The second-order valence-electron chi connectivity index (χ2n) is 4.58. The second kappa shape index (κ2) is 2.62. The van der Waals surface area contributed by atoms with Crippen LogP contribution in [0.15, 0.2) is 5.16 Å². The Morgan fingerprint density at radius 2 is 2.00 bits per heavy atom. The molecule has 2 fully saturated rings. The van der Waals surface area contributed by atoms with Crippen molar-refractivity contribution in [2.24, 2.45) is 16.3 Å². The fraction of sp³-hybridized carbons (Fsp3) is 0.778. The van der Waals surface area contributed by atoms with Crippen molar-refractivity contribution in [3.05, 3.63) is 0 Å². The first-order valence-corrected chi connectivity index (χ1v) is 4.83. The maximum Gasteiger partial charge on any atom is 0.234 e. The molecule has 4 N–H and O–H groups in total. The molecule has 0 atom stereocenters. The first kappa shape index (κ1) is 9.30. The highest BCUT2D eigenvalue weighted by Crippen LogP contribution is 2.47. The van der Waals surface area contributed by atoms with Crippen molar-refractivity contribution in [3.8, 4) is 0 Å². The molecule has 0 aromatic heterocycles. The van der Waals surface area contributed by atoms with Gasteiger partial charge in [-0.25, -0.2) is 0 Å². The first-order valence-electron chi connectivity index (χ1n) is 4.83. The van der Waals surface area contributed by atoms with Crippen LogP contribution >= 0.6 is 0 Å². The van der Waals surface area contributed by atoms with Crippen LogP contribution in [0.4, 0.5) is 0 Å². The molecule has 0 radical (unpaired) electrons. The summed E-state index contributed by atoms with van der Waals surface area (Å²) < 4.78 is 0. The zero-order valence-corrected chi connectivity index (χ0v) is 8.21. The van der Waals surface area contributed by atoms with Crippen molar-refractivity contribution in [3.63, 3.8) is 0 Å². The van der Waals surface area contributed by atoms with Gasteiger partial charge in [-0.05, 0) is 32.6 Å². The average Bonchev–Trinajstić information content (AvgIpc) is 3.00.